The van der Waals surface area contributed by atoms with Crippen molar-refractivity contribution in [2.75, 3.05) is 6.61 Å². The molecule has 60 valence electrons. The number of rotatable bonds is 1. The molecule has 0 aromatic carbocycles. The third-order valence-electron chi connectivity index (χ3n) is 1.58. The molecule has 0 N–H and O–H groups in total. The summed E-state index contributed by atoms with van der Waals surface area (Å²) in [6.45, 7) is 2.01. The van der Waals surface area contributed by atoms with Gasteiger partial charge in [-0.05, 0) is 6.92 Å². The third kappa shape index (κ3) is 1.67. The number of esters is 1. The molecule has 1 fully saturated rings. The van der Waals surface area contributed by atoms with Crippen molar-refractivity contribution in [3.05, 3.63) is 12.2 Å². The number of ether oxygens (including phenoxy) is 1. The van der Waals surface area contributed by atoms with Gasteiger partial charge in [0.1, 0.15) is 5.92 Å². The zero-order valence-electron chi connectivity index (χ0n) is 6.37. The van der Waals surface area contributed by atoms with Gasteiger partial charge in [0.05, 0.1) is 6.61 Å². The second-order valence-corrected chi connectivity index (χ2v) is 2.39. The molecule has 0 saturated carbocycles. The maximum absolute atomic E-state index is 11.0. The molecule has 0 radical (unpaired) electrons. The van der Waals surface area contributed by atoms with Crippen molar-refractivity contribution in [3.63, 3.8) is 0 Å². The molecule has 0 aliphatic carbocycles. The van der Waals surface area contributed by atoms with E-state index in [2.05, 4.69) is 0 Å². The van der Waals surface area contributed by atoms with E-state index in [-0.39, 0.29) is 12.4 Å². The molecule has 1 aliphatic rings. The Morgan fingerprint density at radius 3 is 2.82 bits per heavy atom. The van der Waals surface area contributed by atoms with E-state index in [9.17, 15) is 9.59 Å². The standard InChI is InChI=1S/C8H10O3/c1-2-3-6-7(9)4-5-11-8(6)10/h2-3,6H,4-5H2,1H3. The van der Waals surface area contributed by atoms with Crippen LogP contribution in [0.25, 0.3) is 0 Å². The first kappa shape index (κ1) is 7.98. The lowest BCUT2D eigenvalue weighted by Gasteiger charge is -2.16. The van der Waals surface area contributed by atoms with E-state index in [0.717, 1.165) is 0 Å². The summed E-state index contributed by atoms with van der Waals surface area (Å²) in [5.41, 5.74) is 0. The smallest absolute Gasteiger partial charge is 0.320 e. The first-order valence-electron chi connectivity index (χ1n) is 3.58. The predicted octanol–water partition coefficient (Wildman–Crippen LogP) is 0.695. The quantitative estimate of drug-likeness (QED) is 0.317. The normalized spacial score (nSPS) is 25.7. The van der Waals surface area contributed by atoms with Crippen LogP contribution in [0.1, 0.15) is 13.3 Å². The van der Waals surface area contributed by atoms with E-state index in [0.29, 0.717) is 6.42 Å². The fourth-order valence-electron chi connectivity index (χ4n) is 1.01. The Hall–Kier alpha value is -1.12. The molecule has 1 rings (SSSR count). The minimum Gasteiger partial charge on any atom is -0.464 e. The molecule has 1 atom stereocenters. The molecule has 1 saturated heterocycles. The Bertz CT molecular complexity index is 189. The van der Waals surface area contributed by atoms with Crippen molar-refractivity contribution >= 4 is 11.8 Å². The van der Waals surface area contributed by atoms with Crippen LogP contribution >= 0.6 is 0 Å². The fourth-order valence-corrected chi connectivity index (χ4v) is 1.01. The van der Waals surface area contributed by atoms with Crippen molar-refractivity contribution in [2.45, 2.75) is 13.3 Å². The van der Waals surface area contributed by atoms with Gasteiger partial charge in [-0.3, -0.25) is 9.59 Å². The average Bonchev–Trinajstić information content (AvgIpc) is 1.97. The Morgan fingerprint density at radius 2 is 2.27 bits per heavy atom. The number of allylic oxidation sites excluding steroid dienone is 1. The number of carbonyl (C=O) groups excluding carboxylic acids is 2. The van der Waals surface area contributed by atoms with Gasteiger partial charge in [-0.25, -0.2) is 0 Å². The second-order valence-electron chi connectivity index (χ2n) is 2.39. The van der Waals surface area contributed by atoms with Gasteiger partial charge < -0.3 is 4.74 Å². The molecule has 0 amide bonds. The zero-order valence-corrected chi connectivity index (χ0v) is 6.37. The number of carbonyl (C=O) groups is 2. The van der Waals surface area contributed by atoms with Gasteiger partial charge >= 0.3 is 5.97 Å². The van der Waals surface area contributed by atoms with Gasteiger partial charge in [-0.15, -0.1) is 0 Å². The summed E-state index contributed by atoms with van der Waals surface area (Å²) in [6.07, 6.45) is 3.61. The number of hydrogen-bond acceptors (Lipinski definition) is 3. The Labute approximate surface area is 65.0 Å². The molecular formula is C8H10O3. The molecule has 0 spiro atoms. The van der Waals surface area contributed by atoms with E-state index < -0.39 is 11.9 Å². The topological polar surface area (TPSA) is 43.4 Å². The van der Waals surface area contributed by atoms with Gasteiger partial charge in [-0.1, -0.05) is 12.2 Å². The molecule has 1 unspecified atom stereocenters. The highest BCUT2D eigenvalue weighted by molar-refractivity contribution is 6.02. The van der Waals surface area contributed by atoms with Crippen molar-refractivity contribution in [1.29, 1.82) is 0 Å². The lowest BCUT2D eigenvalue weighted by molar-refractivity contribution is -0.155. The highest BCUT2D eigenvalue weighted by Crippen LogP contribution is 2.12. The SMILES string of the molecule is CC=CC1C(=O)CCOC1=O. The van der Waals surface area contributed by atoms with Crippen LogP contribution in [0.15, 0.2) is 12.2 Å². The number of Topliss-reactive ketones (excluding diaryl/α,β-unsaturated/α-hetero) is 1. The summed E-state index contributed by atoms with van der Waals surface area (Å²) < 4.78 is 4.70. The summed E-state index contributed by atoms with van der Waals surface area (Å²) in [4.78, 5) is 21.9. The Kier molecular flexibility index (Phi) is 2.41. The molecule has 0 aromatic heterocycles. The average molecular weight is 154 g/mol. The molecule has 1 aliphatic heterocycles. The van der Waals surface area contributed by atoms with Crippen LogP contribution in [0.4, 0.5) is 0 Å². The van der Waals surface area contributed by atoms with E-state index in [1.54, 1.807) is 19.1 Å². The molecule has 11 heavy (non-hydrogen) atoms. The molecule has 0 aromatic rings. The van der Waals surface area contributed by atoms with Crippen LogP contribution in [0, 0.1) is 5.92 Å². The molecule has 3 nitrogen and oxygen atoms in total. The van der Waals surface area contributed by atoms with Crippen molar-refractivity contribution in [2.24, 2.45) is 5.92 Å². The van der Waals surface area contributed by atoms with Gasteiger partial charge in [0.15, 0.2) is 5.78 Å². The van der Waals surface area contributed by atoms with Crippen LogP contribution in [-0.2, 0) is 14.3 Å². The summed E-state index contributed by atoms with van der Waals surface area (Å²) >= 11 is 0. The lowest BCUT2D eigenvalue weighted by atomic mass is 9.99. The minimum atomic E-state index is -0.645. The third-order valence-corrected chi connectivity index (χ3v) is 1.58. The van der Waals surface area contributed by atoms with Crippen LogP contribution in [0.5, 0.6) is 0 Å². The van der Waals surface area contributed by atoms with Gasteiger partial charge in [0.2, 0.25) is 0 Å². The highest BCUT2D eigenvalue weighted by atomic mass is 16.5. The highest BCUT2D eigenvalue weighted by Gasteiger charge is 2.28. The van der Waals surface area contributed by atoms with Crippen LogP contribution in [0.3, 0.4) is 0 Å². The van der Waals surface area contributed by atoms with Crippen LogP contribution in [0.2, 0.25) is 0 Å². The van der Waals surface area contributed by atoms with Crippen molar-refractivity contribution in [3.8, 4) is 0 Å². The number of hydrogen-bond donors (Lipinski definition) is 0. The van der Waals surface area contributed by atoms with Gasteiger partial charge in [0.25, 0.3) is 0 Å². The van der Waals surface area contributed by atoms with Crippen LogP contribution in [-0.4, -0.2) is 18.4 Å². The maximum Gasteiger partial charge on any atom is 0.320 e. The van der Waals surface area contributed by atoms with E-state index in [1.165, 1.54) is 0 Å². The van der Waals surface area contributed by atoms with E-state index >= 15 is 0 Å². The Balaban J connectivity index is 2.70. The number of ketones is 1. The zero-order chi connectivity index (χ0) is 8.27. The molecule has 1 heterocycles. The monoisotopic (exact) mass is 154 g/mol. The van der Waals surface area contributed by atoms with E-state index in [4.69, 9.17) is 4.74 Å². The summed E-state index contributed by atoms with van der Waals surface area (Å²) in [5.74, 6) is -1.10. The predicted molar refractivity (Wildman–Crippen MR) is 38.9 cm³/mol. The second kappa shape index (κ2) is 3.32. The van der Waals surface area contributed by atoms with Gasteiger partial charge in [0, 0.05) is 6.42 Å². The van der Waals surface area contributed by atoms with Crippen molar-refractivity contribution in [1.82, 2.24) is 0 Å². The lowest BCUT2D eigenvalue weighted by Crippen LogP contribution is -2.31. The van der Waals surface area contributed by atoms with E-state index in [1.807, 2.05) is 0 Å². The largest absolute Gasteiger partial charge is 0.464 e. The summed E-state index contributed by atoms with van der Waals surface area (Å²) in [7, 11) is 0. The maximum atomic E-state index is 11.0. The van der Waals surface area contributed by atoms with Crippen LogP contribution < -0.4 is 0 Å². The van der Waals surface area contributed by atoms with Gasteiger partial charge in [-0.2, -0.15) is 0 Å². The first-order chi connectivity index (χ1) is 5.25. The molecular weight excluding hydrogens is 144 g/mol. The summed E-state index contributed by atoms with van der Waals surface area (Å²) in [5, 5.41) is 0. The molecule has 3 heteroatoms. The van der Waals surface area contributed by atoms with Crippen molar-refractivity contribution < 1.29 is 14.3 Å². The summed E-state index contributed by atoms with van der Waals surface area (Å²) in [6, 6.07) is 0. The Morgan fingerprint density at radius 1 is 1.55 bits per heavy atom. The minimum absolute atomic E-state index is 0.0423. The fraction of sp³-hybridized carbons (Fsp3) is 0.500. The molecule has 0 bridgehead atoms. The number of cyclic esters (lactones) is 1. The first-order valence-corrected chi connectivity index (χ1v) is 3.58.